The lowest BCUT2D eigenvalue weighted by molar-refractivity contribution is 0.766. The third kappa shape index (κ3) is 3.15. The van der Waals surface area contributed by atoms with Crippen molar-refractivity contribution in [2.75, 3.05) is 0 Å². The number of H-pyrrole nitrogens is 1. The number of aromatic amines is 1. The van der Waals surface area contributed by atoms with Crippen molar-refractivity contribution in [3.05, 3.63) is 71.3 Å². The van der Waals surface area contributed by atoms with Crippen LogP contribution in [0.4, 0.5) is 0 Å². The van der Waals surface area contributed by atoms with E-state index in [9.17, 15) is 0 Å². The van der Waals surface area contributed by atoms with Gasteiger partial charge in [0.15, 0.2) is 4.77 Å². The molecule has 112 valence electrons. The quantitative estimate of drug-likeness (QED) is 0.526. The zero-order valence-electron chi connectivity index (χ0n) is 12.2. The van der Waals surface area contributed by atoms with Crippen LogP contribution in [-0.2, 0) is 18.1 Å². The Morgan fingerprint density at radius 1 is 1.18 bits per heavy atom. The SMILES string of the molecule is C=CCn1c(CSCc2cccc3ccccc23)n[nH]c1=S. The van der Waals surface area contributed by atoms with Crippen molar-refractivity contribution in [3.8, 4) is 0 Å². The van der Waals surface area contributed by atoms with Crippen LogP contribution in [0, 0.1) is 4.77 Å². The lowest BCUT2D eigenvalue weighted by Gasteiger charge is -2.07. The highest BCUT2D eigenvalue weighted by molar-refractivity contribution is 7.97. The van der Waals surface area contributed by atoms with Gasteiger partial charge in [0.05, 0.1) is 5.75 Å². The van der Waals surface area contributed by atoms with E-state index < -0.39 is 0 Å². The normalized spacial score (nSPS) is 10.9. The molecule has 0 atom stereocenters. The van der Waals surface area contributed by atoms with Crippen LogP contribution in [0.5, 0.6) is 0 Å². The molecule has 1 aromatic heterocycles. The molecule has 3 aromatic rings. The van der Waals surface area contributed by atoms with E-state index in [-0.39, 0.29) is 0 Å². The molecule has 0 saturated carbocycles. The fraction of sp³-hybridized carbons (Fsp3) is 0.176. The van der Waals surface area contributed by atoms with Crippen LogP contribution < -0.4 is 0 Å². The summed E-state index contributed by atoms with van der Waals surface area (Å²) in [5.41, 5.74) is 1.35. The summed E-state index contributed by atoms with van der Waals surface area (Å²) >= 11 is 7.08. The molecule has 3 nitrogen and oxygen atoms in total. The molecule has 0 aliphatic carbocycles. The number of benzene rings is 2. The molecule has 3 rings (SSSR count). The number of aromatic nitrogens is 3. The highest BCUT2D eigenvalue weighted by atomic mass is 32.2. The van der Waals surface area contributed by atoms with Crippen LogP contribution in [-0.4, -0.2) is 14.8 Å². The molecule has 1 N–H and O–H groups in total. The minimum atomic E-state index is 0.653. The summed E-state index contributed by atoms with van der Waals surface area (Å²) in [4.78, 5) is 0. The molecule has 2 aromatic carbocycles. The topological polar surface area (TPSA) is 33.6 Å². The first-order chi connectivity index (χ1) is 10.8. The number of allylic oxidation sites excluding steroid dienone is 1. The molecular formula is C17H17N3S2. The van der Waals surface area contributed by atoms with Gasteiger partial charge in [-0.15, -0.1) is 18.3 Å². The minimum Gasteiger partial charge on any atom is -0.300 e. The third-order valence-electron chi connectivity index (χ3n) is 3.52. The Labute approximate surface area is 139 Å². The van der Waals surface area contributed by atoms with Gasteiger partial charge in [-0.2, -0.15) is 5.10 Å². The van der Waals surface area contributed by atoms with Crippen molar-refractivity contribution in [1.29, 1.82) is 0 Å². The van der Waals surface area contributed by atoms with Gasteiger partial charge in [0, 0.05) is 12.3 Å². The Morgan fingerprint density at radius 3 is 2.86 bits per heavy atom. The van der Waals surface area contributed by atoms with Gasteiger partial charge in [-0.3, -0.25) is 9.67 Å². The van der Waals surface area contributed by atoms with Crippen molar-refractivity contribution in [2.24, 2.45) is 0 Å². The summed E-state index contributed by atoms with van der Waals surface area (Å²) in [7, 11) is 0. The Hall–Kier alpha value is -1.85. The van der Waals surface area contributed by atoms with E-state index in [2.05, 4.69) is 59.2 Å². The van der Waals surface area contributed by atoms with Crippen LogP contribution in [0.2, 0.25) is 0 Å². The van der Waals surface area contributed by atoms with E-state index in [0.29, 0.717) is 11.3 Å². The number of nitrogens with zero attached hydrogens (tertiary/aromatic N) is 2. The highest BCUT2D eigenvalue weighted by Gasteiger charge is 2.06. The second-order valence-electron chi connectivity index (χ2n) is 4.98. The standard InChI is InChI=1S/C17H17N3S2/c1-2-10-20-16(18-19-17(20)21)12-22-11-14-8-5-7-13-6-3-4-9-15(13)14/h2-9H,1,10-12H2,(H,19,21). The van der Waals surface area contributed by atoms with Gasteiger partial charge in [-0.25, -0.2) is 0 Å². The molecule has 0 aliphatic rings. The summed E-state index contributed by atoms with van der Waals surface area (Å²) in [6.07, 6.45) is 1.84. The van der Waals surface area contributed by atoms with Crippen molar-refractivity contribution in [2.45, 2.75) is 18.1 Å². The number of rotatable bonds is 6. The molecule has 0 aliphatic heterocycles. The number of thioether (sulfide) groups is 1. The van der Waals surface area contributed by atoms with E-state index in [1.165, 1.54) is 16.3 Å². The zero-order chi connectivity index (χ0) is 15.4. The smallest absolute Gasteiger partial charge is 0.195 e. The van der Waals surface area contributed by atoms with E-state index in [4.69, 9.17) is 12.2 Å². The van der Waals surface area contributed by atoms with Crippen molar-refractivity contribution in [1.82, 2.24) is 14.8 Å². The average molecular weight is 327 g/mol. The zero-order valence-corrected chi connectivity index (χ0v) is 13.8. The van der Waals surface area contributed by atoms with Gasteiger partial charge in [0.2, 0.25) is 0 Å². The highest BCUT2D eigenvalue weighted by Crippen LogP contribution is 2.24. The van der Waals surface area contributed by atoms with Crippen LogP contribution in [0.1, 0.15) is 11.4 Å². The van der Waals surface area contributed by atoms with Crippen LogP contribution >= 0.6 is 24.0 Å². The first-order valence-corrected chi connectivity index (χ1v) is 8.65. The molecule has 5 heteroatoms. The molecule has 22 heavy (non-hydrogen) atoms. The molecule has 0 spiro atoms. The molecule has 0 fully saturated rings. The Morgan fingerprint density at radius 2 is 2.00 bits per heavy atom. The van der Waals surface area contributed by atoms with Crippen molar-refractivity contribution < 1.29 is 0 Å². The maximum atomic E-state index is 5.23. The van der Waals surface area contributed by atoms with Gasteiger partial charge in [-0.1, -0.05) is 48.5 Å². The number of nitrogens with one attached hydrogen (secondary N) is 1. The predicted molar refractivity (Wildman–Crippen MR) is 96.6 cm³/mol. The fourth-order valence-electron chi connectivity index (χ4n) is 2.45. The lowest BCUT2D eigenvalue weighted by Crippen LogP contribution is -2.01. The maximum Gasteiger partial charge on any atom is 0.195 e. The Kier molecular flexibility index (Phi) is 4.75. The monoisotopic (exact) mass is 327 g/mol. The summed E-state index contributed by atoms with van der Waals surface area (Å²) in [5, 5.41) is 9.77. The minimum absolute atomic E-state index is 0.653. The molecule has 0 saturated heterocycles. The summed E-state index contributed by atoms with van der Waals surface area (Å²) in [6.45, 7) is 4.46. The molecular weight excluding hydrogens is 310 g/mol. The second-order valence-corrected chi connectivity index (χ2v) is 6.35. The lowest BCUT2D eigenvalue weighted by atomic mass is 10.1. The summed E-state index contributed by atoms with van der Waals surface area (Å²) in [5.74, 6) is 2.74. The summed E-state index contributed by atoms with van der Waals surface area (Å²) < 4.78 is 2.64. The molecule has 1 heterocycles. The van der Waals surface area contributed by atoms with E-state index >= 15 is 0 Å². The third-order valence-corrected chi connectivity index (χ3v) is 4.81. The van der Waals surface area contributed by atoms with Gasteiger partial charge in [-0.05, 0) is 28.6 Å². The first-order valence-electron chi connectivity index (χ1n) is 7.09. The predicted octanol–water partition coefficient (Wildman–Crippen LogP) is 4.71. The average Bonchev–Trinajstić information content (AvgIpc) is 2.89. The number of hydrogen-bond acceptors (Lipinski definition) is 3. The van der Waals surface area contributed by atoms with E-state index in [1.807, 2.05) is 22.4 Å². The van der Waals surface area contributed by atoms with Gasteiger partial charge >= 0.3 is 0 Å². The van der Waals surface area contributed by atoms with Gasteiger partial charge in [0.25, 0.3) is 0 Å². The summed E-state index contributed by atoms with van der Waals surface area (Å²) in [6, 6.07) is 15.0. The molecule has 0 unspecified atom stereocenters. The molecule has 0 amide bonds. The van der Waals surface area contributed by atoms with E-state index in [0.717, 1.165) is 17.3 Å². The maximum absolute atomic E-state index is 5.23. The Bertz CT molecular complexity index is 843. The first kappa shape index (κ1) is 15.1. The second kappa shape index (κ2) is 6.94. The van der Waals surface area contributed by atoms with Gasteiger partial charge in [0.1, 0.15) is 5.82 Å². The van der Waals surface area contributed by atoms with Crippen molar-refractivity contribution >= 4 is 34.8 Å². The number of fused-ring (bicyclic) bond motifs is 1. The van der Waals surface area contributed by atoms with Crippen LogP contribution in [0.3, 0.4) is 0 Å². The Balaban J connectivity index is 1.73. The van der Waals surface area contributed by atoms with E-state index in [1.54, 1.807) is 0 Å². The van der Waals surface area contributed by atoms with Gasteiger partial charge < -0.3 is 0 Å². The largest absolute Gasteiger partial charge is 0.300 e. The molecule has 0 bridgehead atoms. The van der Waals surface area contributed by atoms with Crippen molar-refractivity contribution in [3.63, 3.8) is 0 Å². The number of hydrogen-bond donors (Lipinski definition) is 1. The molecule has 0 radical (unpaired) electrons. The van der Waals surface area contributed by atoms with Crippen LogP contribution in [0.25, 0.3) is 10.8 Å². The fourth-order valence-corrected chi connectivity index (χ4v) is 3.65. The van der Waals surface area contributed by atoms with Crippen LogP contribution in [0.15, 0.2) is 55.1 Å².